The van der Waals surface area contributed by atoms with Crippen LogP contribution in [0, 0.1) is 12.7 Å². The van der Waals surface area contributed by atoms with E-state index in [9.17, 15) is 4.39 Å². The normalized spacial score (nSPS) is 9.15. The molecule has 0 nitrogen and oxygen atoms in total. The molecule has 0 aliphatic rings. The minimum atomic E-state index is -0.208. The van der Waals surface area contributed by atoms with E-state index in [0.717, 1.165) is 5.56 Å². The van der Waals surface area contributed by atoms with Gasteiger partial charge in [0.05, 0.1) is 4.47 Å². The van der Waals surface area contributed by atoms with Crippen LogP contribution in [0.3, 0.4) is 0 Å². The van der Waals surface area contributed by atoms with Crippen molar-refractivity contribution >= 4 is 15.9 Å². The first kappa shape index (κ1) is 21.9. The van der Waals surface area contributed by atoms with Crippen LogP contribution in [0.25, 0.3) is 0 Å². The molecule has 0 N–H and O–H groups in total. The molecule has 1 aromatic rings. The Kier molecular flexibility index (Phi) is 18.3. The van der Waals surface area contributed by atoms with Gasteiger partial charge in [-0.05, 0) is 40.5 Å². The third-order valence-electron chi connectivity index (χ3n) is 2.78. The van der Waals surface area contributed by atoms with Gasteiger partial charge in [0, 0.05) is 0 Å². The lowest BCUT2D eigenvalue weighted by molar-refractivity contribution is 0.602. The number of aryl methyl sites for hydroxylation is 1. The molecule has 0 unspecified atom stereocenters. The summed E-state index contributed by atoms with van der Waals surface area (Å²) in [6, 6.07) is 4.93. The second-order valence-corrected chi connectivity index (χ2v) is 5.54. The third-order valence-corrected chi connectivity index (χ3v) is 3.39. The molecule has 0 fully saturated rings. The van der Waals surface area contributed by atoms with E-state index in [0.29, 0.717) is 4.47 Å². The van der Waals surface area contributed by atoms with E-state index in [2.05, 4.69) is 29.8 Å². The lowest BCUT2D eigenvalue weighted by Gasteiger charge is -1.96. The number of rotatable bonds is 6. The highest BCUT2D eigenvalue weighted by Crippen LogP contribution is 2.15. The van der Waals surface area contributed by atoms with Crippen molar-refractivity contribution in [3.63, 3.8) is 0 Å². The SMILES string of the molecule is CC.CCCCCCCCC.Cc1ccc(F)c(Br)c1. The van der Waals surface area contributed by atoms with Gasteiger partial charge in [-0.1, -0.05) is 78.7 Å². The van der Waals surface area contributed by atoms with E-state index in [1.165, 1.54) is 51.0 Å². The average Bonchev–Trinajstić information content (AvgIpc) is 2.46. The van der Waals surface area contributed by atoms with Gasteiger partial charge in [0.2, 0.25) is 0 Å². The van der Waals surface area contributed by atoms with Crippen molar-refractivity contribution in [2.45, 2.75) is 79.6 Å². The molecule has 0 aromatic heterocycles. The van der Waals surface area contributed by atoms with E-state index < -0.39 is 0 Å². The third kappa shape index (κ3) is 14.0. The number of halogens is 2. The maximum atomic E-state index is 12.5. The molecule has 0 spiro atoms. The minimum absolute atomic E-state index is 0.208. The molecule has 0 saturated heterocycles. The molecule has 1 aromatic carbocycles. The zero-order valence-electron chi connectivity index (χ0n) is 13.9. The Balaban J connectivity index is 0. The van der Waals surface area contributed by atoms with E-state index in [1.807, 2.05) is 20.8 Å². The molecule has 0 aliphatic carbocycles. The van der Waals surface area contributed by atoms with Crippen molar-refractivity contribution < 1.29 is 4.39 Å². The molecule has 0 amide bonds. The fraction of sp³-hybridized carbons (Fsp3) is 0.667. The summed E-state index contributed by atoms with van der Waals surface area (Å²) >= 11 is 3.07. The predicted octanol–water partition coefficient (Wildman–Crippen LogP) is 7.68. The zero-order valence-corrected chi connectivity index (χ0v) is 15.5. The molecule has 1 rings (SSSR count). The van der Waals surface area contributed by atoms with Gasteiger partial charge in [0.1, 0.15) is 5.82 Å². The van der Waals surface area contributed by atoms with Gasteiger partial charge < -0.3 is 0 Å². The molecular formula is C18H32BrF. The minimum Gasteiger partial charge on any atom is -0.206 e. The molecular weight excluding hydrogens is 315 g/mol. The molecule has 0 radical (unpaired) electrons. The molecule has 20 heavy (non-hydrogen) atoms. The Hall–Kier alpha value is -0.370. The highest BCUT2D eigenvalue weighted by atomic mass is 79.9. The second kappa shape index (κ2) is 16.7. The lowest BCUT2D eigenvalue weighted by Crippen LogP contribution is -1.76. The topological polar surface area (TPSA) is 0 Å². The van der Waals surface area contributed by atoms with Gasteiger partial charge in [-0.15, -0.1) is 0 Å². The van der Waals surface area contributed by atoms with Crippen LogP contribution >= 0.6 is 15.9 Å². The second-order valence-electron chi connectivity index (χ2n) is 4.69. The summed E-state index contributed by atoms with van der Waals surface area (Å²) in [5.74, 6) is -0.208. The predicted molar refractivity (Wildman–Crippen MR) is 93.9 cm³/mol. The van der Waals surface area contributed by atoms with Gasteiger partial charge >= 0.3 is 0 Å². The van der Waals surface area contributed by atoms with Crippen LogP contribution in [0.4, 0.5) is 4.39 Å². The number of unbranched alkanes of at least 4 members (excludes halogenated alkanes) is 6. The van der Waals surface area contributed by atoms with Gasteiger partial charge in [0.25, 0.3) is 0 Å². The molecule has 0 saturated carbocycles. The van der Waals surface area contributed by atoms with Crippen LogP contribution in [0.5, 0.6) is 0 Å². The monoisotopic (exact) mass is 346 g/mol. The maximum Gasteiger partial charge on any atom is 0.137 e. The van der Waals surface area contributed by atoms with Crippen LogP contribution in [0.2, 0.25) is 0 Å². The van der Waals surface area contributed by atoms with Gasteiger partial charge in [-0.25, -0.2) is 4.39 Å². The standard InChI is InChI=1S/C9H20.C7H6BrF.C2H6/c1-3-5-7-9-8-6-4-2;1-5-2-3-7(9)6(8)4-5;1-2/h3-9H2,1-2H3;2-4H,1H3;1-2H3. The number of hydrogen-bond donors (Lipinski definition) is 0. The molecule has 0 bridgehead atoms. The summed E-state index contributed by atoms with van der Waals surface area (Å²) in [4.78, 5) is 0. The van der Waals surface area contributed by atoms with E-state index in [-0.39, 0.29) is 5.82 Å². The van der Waals surface area contributed by atoms with Crippen LogP contribution in [0.1, 0.15) is 78.2 Å². The van der Waals surface area contributed by atoms with Gasteiger partial charge in [-0.3, -0.25) is 0 Å². The summed E-state index contributed by atoms with van der Waals surface area (Å²) in [5.41, 5.74) is 1.06. The highest BCUT2D eigenvalue weighted by Gasteiger charge is 1.95. The van der Waals surface area contributed by atoms with E-state index >= 15 is 0 Å². The maximum absolute atomic E-state index is 12.5. The summed E-state index contributed by atoms with van der Waals surface area (Å²) in [6.07, 6.45) is 9.97. The first-order chi connectivity index (χ1) is 9.61. The Bertz CT molecular complexity index is 304. The van der Waals surface area contributed by atoms with Crippen molar-refractivity contribution in [3.05, 3.63) is 34.1 Å². The smallest absolute Gasteiger partial charge is 0.137 e. The Labute approximate surface area is 134 Å². The highest BCUT2D eigenvalue weighted by molar-refractivity contribution is 9.10. The Morgan fingerprint density at radius 3 is 1.70 bits per heavy atom. The summed E-state index contributed by atoms with van der Waals surface area (Å²) in [6.45, 7) is 10.4. The summed E-state index contributed by atoms with van der Waals surface area (Å²) in [5, 5.41) is 0. The molecule has 0 aliphatic heterocycles. The molecule has 0 atom stereocenters. The van der Waals surface area contributed by atoms with Crippen molar-refractivity contribution in [2.24, 2.45) is 0 Å². The Morgan fingerprint density at radius 2 is 1.35 bits per heavy atom. The lowest BCUT2D eigenvalue weighted by atomic mass is 10.1. The summed E-state index contributed by atoms with van der Waals surface area (Å²) < 4.78 is 13.0. The molecule has 2 heteroatoms. The van der Waals surface area contributed by atoms with Crippen LogP contribution < -0.4 is 0 Å². The fourth-order valence-electron chi connectivity index (χ4n) is 1.63. The molecule has 118 valence electrons. The molecule has 0 heterocycles. The fourth-order valence-corrected chi connectivity index (χ4v) is 2.12. The van der Waals surface area contributed by atoms with E-state index in [1.54, 1.807) is 12.1 Å². The van der Waals surface area contributed by atoms with Gasteiger partial charge in [0.15, 0.2) is 0 Å². The van der Waals surface area contributed by atoms with Crippen LogP contribution in [-0.4, -0.2) is 0 Å². The largest absolute Gasteiger partial charge is 0.206 e. The first-order valence-electron chi connectivity index (χ1n) is 8.03. The van der Waals surface area contributed by atoms with Crippen molar-refractivity contribution in [1.29, 1.82) is 0 Å². The van der Waals surface area contributed by atoms with Crippen molar-refractivity contribution in [2.75, 3.05) is 0 Å². The quantitative estimate of drug-likeness (QED) is 0.463. The van der Waals surface area contributed by atoms with Gasteiger partial charge in [-0.2, -0.15) is 0 Å². The van der Waals surface area contributed by atoms with Crippen LogP contribution in [-0.2, 0) is 0 Å². The number of benzene rings is 1. The summed E-state index contributed by atoms with van der Waals surface area (Å²) in [7, 11) is 0. The Morgan fingerprint density at radius 1 is 0.900 bits per heavy atom. The number of hydrogen-bond acceptors (Lipinski definition) is 0. The van der Waals surface area contributed by atoms with E-state index in [4.69, 9.17) is 0 Å². The van der Waals surface area contributed by atoms with Crippen molar-refractivity contribution in [3.8, 4) is 0 Å². The van der Waals surface area contributed by atoms with Crippen LogP contribution in [0.15, 0.2) is 22.7 Å². The van der Waals surface area contributed by atoms with Crippen molar-refractivity contribution in [1.82, 2.24) is 0 Å². The zero-order chi connectivity index (χ0) is 15.8. The first-order valence-corrected chi connectivity index (χ1v) is 8.82. The average molecular weight is 347 g/mol.